The lowest BCUT2D eigenvalue weighted by Gasteiger charge is -2.34. The van der Waals surface area contributed by atoms with Crippen LogP contribution in [0.1, 0.15) is 10.4 Å². The number of carbonyl (C=O) groups excluding carboxylic acids is 2. The average molecular weight is 338 g/mol. The Labute approximate surface area is 147 Å². The molecule has 0 atom stereocenters. The molecule has 0 bridgehead atoms. The molecular formula is C20H22N2O3. The molecule has 1 saturated heterocycles. The molecule has 1 heterocycles. The summed E-state index contributed by atoms with van der Waals surface area (Å²) in [7, 11) is 0. The van der Waals surface area contributed by atoms with Gasteiger partial charge in [0.05, 0.1) is 6.54 Å². The van der Waals surface area contributed by atoms with E-state index in [1.54, 1.807) is 4.90 Å². The van der Waals surface area contributed by atoms with Gasteiger partial charge in [0, 0.05) is 31.7 Å². The van der Waals surface area contributed by atoms with Crippen LogP contribution >= 0.6 is 0 Å². The van der Waals surface area contributed by atoms with Crippen molar-refractivity contribution in [2.75, 3.05) is 39.3 Å². The Bertz CT molecular complexity index is 695. The molecule has 5 heteroatoms. The van der Waals surface area contributed by atoms with Gasteiger partial charge in [-0.2, -0.15) is 0 Å². The van der Waals surface area contributed by atoms with Gasteiger partial charge < -0.3 is 9.64 Å². The summed E-state index contributed by atoms with van der Waals surface area (Å²) >= 11 is 0. The minimum Gasteiger partial charge on any atom is -0.484 e. The van der Waals surface area contributed by atoms with Gasteiger partial charge in [0.1, 0.15) is 5.75 Å². The molecule has 130 valence electrons. The third kappa shape index (κ3) is 4.90. The maximum atomic E-state index is 12.2. The molecule has 5 nitrogen and oxygen atoms in total. The molecule has 0 aromatic heterocycles. The largest absolute Gasteiger partial charge is 0.484 e. The van der Waals surface area contributed by atoms with E-state index in [0.717, 1.165) is 5.56 Å². The smallest absolute Gasteiger partial charge is 0.260 e. The number of benzene rings is 2. The lowest BCUT2D eigenvalue weighted by molar-refractivity contribution is -0.135. The molecule has 0 saturated carbocycles. The van der Waals surface area contributed by atoms with Gasteiger partial charge >= 0.3 is 0 Å². The van der Waals surface area contributed by atoms with Crippen LogP contribution in [0.4, 0.5) is 0 Å². The minimum atomic E-state index is -0.0158. The van der Waals surface area contributed by atoms with E-state index >= 15 is 0 Å². The molecule has 1 aliphatic rings. The third-order valence-corrected chi connectivity index (χ3v) is 4.29. The van der Waals surface area contributed by atoms with E-state index < -0.39 is 0 Å². The van der Waals surface area contributed by atoms with Crippen LogP contribution in [0.25, 0.3) is 0 Å². The standard InChI is InChI=1S/C20H22N2O3/c23-19(17-7-3-1-4-8-17)15-21-11-13-22(14-12-21)20(24)16-25-18-9-5-2-6-10-18/h1-10H,11-16H2. The predicted octanol–water partition coefficient (Wildman–Crippen LogP) is 2.09. The molecule has 1 amide bonds. The first-order chi connectivity index (χ1) is 12.2. The Balaban J connectivity index is 1.42. The van der Waals surface area contributed by atoms with Crippen LogP contribution in [0.15, 0.2) is 60.7 Å². The summed E-state index contributed by atoms with van der Waals surface area (Å²) in [6, 6.07) is 18.6. The number of nitrogens with zero attached hydrogens (tertiary/aromatic N) is 2. The van der Waals surface area contributed by atoms with Gasteiger partial charge in [0.15, 0.2) is 12.4 Å². The maximum absolute atomic E-state index is 12.2. The molecular weight excluding hydrogens is 316 g/mol. The second-order valence-corrected chi connectivity index (χ2v) is 6.05. The summed E-state index contributed by atoms with van der Waals surface area (Å²) in [6.45, 7) is 3.10. The Kier molecular flexibility index (Phi) is 5.80. The lowest BCUT2D eigenvalue weighted by atomic mass is 10.1. The quantitative estimate of drug-likeness (QED) is 0.757. The molecule has 0 aliphatic carbocycles. The van der Waals surface area contributed by atoms with Crippen molar-refractivity contribution in [2.45, 2.75) is 0 Å². The van der Waals surface area contributed by atoms with Crippen LogP contribution in [0.5, 0.6) is 5.75 Å². The zero-order valence-electron chi connectivity index (χ0n) is 14.1. The second kappa shape index (κ2) is 8.44. The number of ketones is 1. The van der Waals surface area contributed by atoms with Crippen molar-refractivity contribution < 1.29 is 14.3 Å². The van der Waals surface area contributed by atoms with Crippen LogP contribution in [0.3, 0.4) is 0 Å². The van der Waals surface area contributed by atoms with Crippen LogP contribution in [-0.2, 0) is 4.79 Å². The Morgan fingerprint density at radius 1 is 0.840 bits per heavy atom. The highest BCUT2D eigenvalue weighted by Gasteiger charge is 2.22. The van der Waals surface area contributed by atoms with Crippen LogP contribution in [0.2, 0.25) is 0 Å². The molecule has 0 spiro atoms. The van der Waals surface area contributed by atoms with E-state index in [1.165, 1.54) is 0 Å². The van der Waals surface area contributed by atoms with E-state index in [2.05, 4.69) is 4.90 Å². The number of ether oxygens (including phenoxy) is 1. The molecule has 3 rings (SSSR count). The molecule has 1 fully saturated rings. The molecule has 25 heavy (non-hydrogen) atoms. The molecule has 0 N–H and O–H groups in total. The number of piperazine rings is 1. The van der Waals surface area contributed by atoms with Gasteiger partial charge in [-0.15, -0.1) is 0 Å². The number of carbonyl (C=O) groups is 2. The van der Waals surface area contributed by atoms with E-state index in [1.807, 2.05) is 60.7 Å². The summed E-state index contributed by atoms with van der Waals surface area (Å²) in [5, 5.41) is 0. The molecule has 2 aromatic rings. The van der Waals surface area contributed by atoms with Gasteiger partial charge in [0.25, 0.3) is 5.91 Å². The second-order valence-electron chi connectivity index (χ2n) is 6.05. The molecule has 0 unspecified atom stereocenters. The molecule has 1 aliphatic heterocycles. The van der Waals surface area contributed by atoms with Gasteiger partial charge in [-0.3, -0.25) is 14.5 Å². The van der Waals surface area contributed by atoms with E-state index in [4.69, 9.17) is 4.74 Å². The monoisotopic (exact) mass is 338 g/mol. The van der Waals surface area contributed by atoms with Crippen LogP contribution in [0, 0.1) is 0 Å². The van der Waals surface area contributed by atoms with Gasteiger partial charge in [-0.25, -0.2) is 0 Å². The zero-order chi connectivity index (χ0) is 17.5. The highest BCUT2D eigenvalue weighted by molar-refractivity contribution is 5.97. The lowest BCUT2D eigenvalue weighted by Crippen LogP contribution is -2.51. The Morgan fingerprint density at radius 3 is 2.08 bits per heavy atom. The average Bonchev–Trinajstić information content (AvgIpc) is 2.68. The molecule has 2 aromatic carbocycles. The first-order valence-electron chi connectivity index (χ1n) is 8.48. The highest BCUT2D eigenvalue weighted by Crippen LogP contribution is 2.10. The Hall–Kier alpha value is -2.66. The number of amides is 1. The summed E-state index contributed by atoms with van der Waals surface area (Å²) in [5.41, 5.74) is 0.734. The normalized spacial score (nSPS) is 15.0. The maximum Gasteiger partial charge on any atom is 0.260 e. The van der Waals surface area contributed by atoms with Crippen LogP contribution in [-0.4, -0.2) is 60.8 Å². The van der Waals surface area contributed by atoms with Gasteiger partial charge in [0.2, 0.25) is 0 Å². The van der Waals surface area contributed by atoms with Crippen molar-refractivity contribution in [3.05, 3.63) is 66.2 Å². The van der Waals surface area contributed by atoms with Gasteiger partial charge in [-0.05, 0) is 12.1 Å². The number of para-hydroxylation sites is 1. The topological polar surface area (TPSA) is 49.9 Å². The number of hydrogen-bond acceptors (Lipinski definition) is 4. The van der Waals surface area contributed by atoms with E-state index in [-0.39, 0.29) is 18.3 Å². The summed E-state index contributed by atoms with van der Waals surface area (Å²) < 4.78 is 5.51. The Morgan fingerprint density at radius 2 is 1.44 bits per heavy atom. The highest BCUT2D eigenvalue weighted by atomic mass is 16.5. The van der Waals surface area contributed by atoms with Crippen molar-refractivity contribution in [1.82, 2.24) is 9.80 Å². The number of Topliss-reactive ketones (excluding diaryl/α,β-unsaturated/α-hetero) is 1. The predicted molar refractivity (Wildman–Crippen MR) is 95.7 cm³/mol. The fraction of sp³-hybridized carbons (Fsp3) is 0.300. The molecule has 0 radical (unpaired) electrons. The van der Waals surface area contributed by atoms with E-state index in [9.17, 15) is 9.59 Å². The van der Waals surface area contributed by atoms with Crippen LogP contribution < -0.4 is 4.74 Å². The van der Waals surface area contributed by atoms with Crippen molar-refractivity contribution in [2.24, 2.45) is 0 Å². The first-order valence-corrected chi connectivity index (χ1v) is 8.48. The summed E-state index contributed by atoms with van der Waals surface area (Å²) in [6.07, 6.45) is 0. The minimum absolute atomic E-state index is 0.0158. The van der Waals surface area contributed by atoms with E-state index in [0.29, 0.717) is 38.5 Å². The summed E-state index contributed by atoms with van der Waals surface area (Å²) in [5.74, 6) is 0.800. The third-order valence-electron chi connectivity index (χ3n) is 4.29. The van der Waals surface area contributed by atoms with Gasteiger partial charge in [-0.1, -0.05) is 48.5 Å². The fourth-order valence-corrected chi connectivity index (χ4v) is 2.83. The summed E-state index contributed by atoms with van der Waals surface area (Å²) in [4.78, 5) is 28.4. The zero-order valence-corrected chi connectivity index (χ0v) is 14.1. The van der Waals surface area contributed by atoms with Crippen molar-refractivity contribution in [3.8, 4) is 5.75 Å². The van der Waals surface area contributed by atoms with Crippen molar-refractivity contribution >= 4 is 11.7 Å². The fourth-order valence-electron chi connectivity index (χ4n) is 2.83. The number of hydrogen-bond donors (Lipinski definition) is 0. The SMILES string of the molecule is O=C(CN1CCN(C(=O)COc2ccccc2)CC1)c1ccccc1. The van der Waals surface area contributed by atoms with Crippen molar-refractivity contribution in [1.29, 1.82) is 0 Å². The first kappa shape index (κ1) is 17.2. The number of rotatable bonds is 6. The van der Waals surface area contributed by atoms with Crippen molar-refractivity contribution in [3.63, 3.8) is 0 Å².